The molecular weight excluding hydrogens is 400 g/mol. The van der Waals surface area contributed by atoms with Crippen molar-refractivity contribution < 1.29 is 13.2 Å². The molecule has 158 valence electrons. The number of imidazole rings is 1. The van der Waals surface area contributed by atoms with Crippen LogP contribution >= 0.6 is 0 Å². The summed E-state index contributed by atoms with van der Waals surface area (Å²) in [5.74, 6) is -0.452. The lowest BCUT2D eigenvalue weighted by Gasteiger charge is -2.31. The number of amides is 1. The number of aromatic nitrogens is 2. The number of sulfonamides is 1. The zero-order valence-corrected chi connectivity index (χ0v) is 17.7. The fourth-order valence-corrected chi connectivity index (χ4v) is 4.55. The quantitative estimate of drug-likeness (QED) is 0.517. The summed E-state index contributed by atoms with van der Waals surface area (Å²) in [5.41, 5.74) is 6.91. The van der Waals surface area contributed by atoms with Crippen LogP contribution in [0.3, 0.4) is 0 Å². The van der Waals surface area contributed by atoms with Crippen LogP contribution in [0, 0.1) is 5.41 Å². The molecule has 0 spiro atoms. The van der Waals surface area contributed by atoms with Crippen LogP contribution in [0.1, 0.15) is 17.5 Å². The Balaban J connectivity index is 1.83. The van der Waals surface area contributed by atoms with Crippen molar-refractivity contribution in [1.29, 1.82) is 0 Å². The molecule has 0 fully saturated rings. The van der Waals surface area contributed by atoms with Gasteiger partial charge in [-0.15, -0.1) is 0 Å². The molecule has 0 aliphatic carbocycles. The lowest BCUT2D eigenvalue weighted by atomic mass is 9.73. The summed E-state index contributed by atoms with van der Waals surface area (Å²) in [7, 11) is -2.07. The Bertz CT molecular complexity index is 1040. The molecule has 3 rings (SSSR count). The van der Waals surface area contributed by atoms with Gasteiger partial charge in [0.25, 0.3) is 10.0 Å². The first kappa shape index (κ1) is 21.7. The average molecular weight is 427 g/mol. The third-order valence-corrected chi connectivity index (χ3v) is 6.49. The average Bonchev–Trinajstić information content (AvgIpc) is 3.16. The van der Waals surface area contributed by atoms with Crippen molar-refractivity contribution in [2.45, 2.75) is 24.3 Å². The Morgan fingerprint density at radius 2 is 1.57 bits per heavy atom. The number of carbonyl (C=O) groups is 1. The van der Waals surface area contributed by atoms with Gasteiger partial charge in [-0.1, -0.05) is 60.7 Å². The standard InChI is InChI=1S/C22H26N4O3S/c1-26-16-20(24-17-26)30(28,29)25-13-12-22(21(23)27,14-18-8-4-2-5-9-18)15-19-10-6-3-7-11-19/h2-11,16-17,25H,12-15H2,1H3,(H2,23,27). The minimum absolute atomic E-state index is 0.0548. The van der Waals surface area contributed by atoms with Gasteiger partial charge in [-0.25, -0.2) is 18.1 Å². The van der Waals surface area contributed by atoms with E-state index in [1.54, 1.807) is 11.6 Å². The van der Waals surface area contributed by atoms with E-state index in [9.17, 15) is 13.2 Å². The van der Waals surface area contributed by atoms with Gasteiger partial charge in [-0.2, -0.15) is 0 Å². The summed E-state index contributed by atoms with van der Waals surface area (Å²) in [6, 6.07) is 19.2. The molecule has 0 aliphatic heterocycles. The van der Waals surface area contributed by atoms with Crippen molar-refractivity contribution in [2.75, 3.05) is 6.54 Å². The largest absolute Gasteiger partial charge is 0.369 e. The number of nitrogens with two attached hydrogens (primary N) is 1. The second-order valence-electron chi connectivity index (χ2n) is 7.49. The highest BCUT2D eigenvalue weighted by molar-refractivity contribution is 7.89. The molecule has 3 aromatic rings. The third kappa shape index (κ3) is 5.34. The van der Waals surface area contributed by atoms with Crippen LogP contribution < -0.4 is 10.5 Å². The zero-order valence-electron chi connectivity index (χ0n) is 16.9. The third-order valence-electron chi connectivity index (χ3n) is 5.15. The molecule has 3 N–H and O–H groups in total. The molecular formula is C22H26N4O3S. The van der Waals surface area contributed by atoms with Crippen molar-refractivity contribution in [2.24, 2.45) is 18.2 Å². The lowest BCUT2D eigenvalue weighted by Crippen LogP contribution is -2.43. The van der Waals surface area contributed by atoms with Crippen LogP contribution in [0.5, 0.6) is 0 Å². The molecule has 0 radical (unpaired) electrons. The smallest absolute Gasteiger partial charge is 0.259 e. The van der Waals surface area contributed by atoms with Gasteiger partial charge < -0.3 is 10.3 Å². The highest BCUT2D eigenvalue weighted by Crippen LogP contribution is 2.32. The Morgan fingerprint density at radius 3 is 2.00 bits per heavy atom. The minimum Gasteiger partial charge on any atom is -0.369 e. The van der Waals surface area contributed by atoms with Gasteiger partial charge in [0, 0.05) is 19.8 Å². The first-order valence-corrected chi connectivity index (χ1v) is 11.1. The molecule has 1 aromatic heterocycles. The molecule has 2 aromatic carbocycles. The van der Waals surface area contributed by atoms with Gasteiger partial charge in [0.1, 0.15) is 0 Å². The fourth-order valence-electron chi connectivity index (χ4n) is 3.54. The van der Waals surface area contributed by atoms with E-state index in [0.717, 1.165) is 11.1 Å². The van der Waals surface area contributed by atoms with Crippen molar-refractivity contribution in [3.63, 3.8) is 0 Å². The van der Waals surface area contributed by atoms with Gasteiger partial charge >= 0.3 is 0 Å². The van der Waals surface area contributed by atoms with E-state index in [2.05, 4.69) is 9.71 Å². The van der Waals surface area contributed by atoms with Crippen LogP contribution in [0.2, 0.25) is 0 Å². The van der Waals surface area contributed by atoms with Crippen LogP contribution in [0.4, 0.5) is 0 Å². The maximum Gasteiger partial charge on any atom is 0.259 e. The highest BCUT2D eigenvalue weighted by atomic mass is 32.2. The number of aryl methyl sites for hydroxylation is 1. The first-order valence-electron chi connectivity index (χ1n) is 9.66. The summed E-state index contributed by atoms with van der Waals surface area (Å²) in [6.07, 6.45) is 3.95. The number of nitrogens with zero attached hydrogens (tertiary/aromatic N) is 2. The summed E-state index contributed by atoms with van der Waals surface area (Å²) < 4.78 is 29.2. The number of rotatable bonds is 10. The predicted octanol–water partition coefficient (Wildman–Crippen LogP) is 2.05. The zero-order chi connectivity index (χ0) is 21.6. The Kier molecular flexibility index (Phi) is 6.69. The van der Waals surface area contributed by atoms with Crippen LogP contribution in [0.25, 0.3) is 0 Å². The molecule has 1 amide bonds. The SMILES string of the molecule is Cn1cnc(S(=O)(=O)NCCC(Cc2ccccc2)(Cc2ccccc2)C(N)=O)c1. The molecule has 0 bridgehead atoms. The van der Waals surface area contributed by atoms with Crippen LogP contribution in [0.15, 0.2) is 78.2 Å². The van der Waals surface area contributed by atoms with Gasteiger partial charge in [0.05, 0.1) is 11.7 Å². The maximum absolute atomic E-state index is 12.7. The molecule has 0 saturated carbocycles. The van der Waals surface area contributed by atoms with E-state index >= 15 is 0 Å². The summed E-state index contributed by atoms with van der Waals surface area (Å²) >= 11 is 0. The minimum atomic E-state index is -3.77. The lowest BCUT2D eigenvalue weighted by molar-refractivity contribution is -0.128. The fraction of sp³-hybridized carbons (Fsp3) is 0.273. The van der Waals surface area contributed by atoms with Gasteiger partial charge in [-0.05, 0) is 30.4 Å². The Labute approximate surface area is 177 Å². The second-order valence-corrected chi connectivity index (χ2v) is 9.21. The first-order chi connectivity index (χ1) is 14.3. The number of primary amides is 1. The van der Waals surface area contributed by atoms with E-state index in [0.29, 0.717) is 12.8 Å². The highest BCUT2D eigenvalue weighted by Gasteiger charge is 2.37. The molecule has 0 unspecified atom stereocenters. The summed E-state index contributed by atoms with van der Waals surface area (Å²) in [6.45, 7) is 0.0709. The molecule has 8 heteroatoms. The predicted molar refractivity (Wildman–Crippen MR) is 115 cm³/mol. The molecule has 7 nitrogen and oxygen atoms in total. The monoisotopic (exact) mass is 426 g/mol. The topological polar surface area (TPSA) is 107 Å². The van der Waals surface area contributed by atoms with Crippen molar-refractivity contribution in [3.05, 3.63) is 84.3 Å². The number of benzene rings is 2. The number of carbonyl (C=O) groups excluding carboxylic acids is 1. The summed E-state index contributed by atoms with van der Waals surface area (Å²) in [4.78, 5) is 16.6. The van der Waals surface area contributed by atoms with E-state index in [1.165, 1.54) is 12.5 Å². The molecule has 1 heterocycles. The van der Waals surface area contributed by atoms with E-state index in [-0.39, 0.29) is 18.0 Å². The van der Waals surface area contributed by atoms with Crippen molar-refractivity contribution in [3.8, 4) is 0 Å². The van der Waals surface area contributed by atoms with E-state index in [1.807, 2.05) is 60.7 Å². The molecule has 0 aliphatic rings. The van der Waals surface area contributed by atoms with Gasteiger partial charge in [-0.3, -0.25) is 4.79 Å². The maximum atomic E-state index is 12.7. The number of hydrogen-bond donors (Lipinski definition) is 2. The van der Waals surface area contributed by atoms with Crippen molar-refractivity contribution in [1.82, 2.24) is 14.3 Å². The van der Waals surface area contributed by atoms with E-state index in [4.69, 9.17) is 5.73 Å². The normalized spacial score (nSPS) is 12.0. The molecule has 0 saturated heterocycles. The second kappa shape index (κ2) is 9.23. The Hall–Kier alpha value is -2.97. The summed E-state index contributed by atoms with van der Waals surface area (Å²) in [5, 5.41) is -0.0548. The van der Waals surface area contributed by atoms with Gasteiger partial charge in [0.15, 0.2) is 5.03 Å². The molecule has 0 atom stereocenters. The van der Waals surface area contributed by atoms with Crippen LogP contribution in [-0.2, 0) is 34.7 Å². The number of hydrogen-bond acceptors (Lipinski definition) is 4. The molecule has 30 heavy (non-hydrogen) atoms. The number of nitrogens with one attached hydrogen (secondary N) is 1. The van der Waals surface area contributed by atoms with Crippen LogP contribution in [-0.4, -0.2) is 30.4 Å². The van der Waals surface area contributed by atoms with Crippen molar-refractivity contribution >= 4 is 15.9 Å². The Morgan fingerprint density at radius 1 is 1.03 bits per heavy atom. The van der Waals surface area contributed by atoms with E-state index < -0.39 is 21.3 Å². The van der Waals surface area contributed by atoms with Gasteiger partial charge in [0.2, 0.25) is 5.91 Å².